The Morgan fingerprint density at radius 1 is 1.47 bits per heavy atom. The minimum absolute atomic E-state index is 0.0368. The van der Waals surface area contributed by atoms with Gasteiger partial charge in [0.05, 0.1) is 6.54 Å². The Hall–Kier alpha value is -1.79. The van der Waals surface area contributed by atoms with E-state index in [1.54, 1.807) is 0 Å². The molecule has 15 heavy (non-hydrogen) atoms. The number of guanidine groups is 1. The smallest absolute Gasteiger partial charge is 0.303 e. The fraction of sp³-hybridized carbons (Fsp3) is 0.625. The van der Waals surface area contributed by atoms with Gasteiger partial charge in [0.2, 0.25) is 5.91 Å². The van der Waals surface area contributed by atoms with Crippen molar-refractivity contribution < 1.29 is 14.7 Å². The van der Waals surface area contributed by atoms with E-state index in [1.807, 2.05) is 0 Å². The molecule has 0 aliphatic carbocycles. The molecule has 0 aliphatic rings. The number of carboxylic acids is 1. The van der Waals surface area contributed by atoms with Crippen LogP contribution in [0.15, 0.2) is 4.99 Å². The summed E-state index contributed by atoms with van der Waals surface area (Å²) in [4.78, 5) is 24.8. The third-order valence-electron chi connectivity index (χ3n) is 1.61. The third-order valence-corrected chi connectivity index (χ3v) is 1.61. The minimum atomic E-state index is -0.921. The van der Waals surface area contributed by atoms with E-state index in [4.69, 9.17) is 16.6 Å². The first kappa shape index (κ1) is 13.2. The first-order valence-corrected chi connectivity index (χ1v) is 4.46. The van der Waals surface area contributed by atoms with Gasteiger partial charge < -0.3 is 21.9 Å². The molecule has 0 radical (unpaired) electrons. The average molecular weight is 216 g/mol. The average Bonchev–Trinajstić information content (AvgIpc) is 2.08. The first-order chi connectivity index (χ1) is 6.91. The molecule has 0 aromatic rings. The van der Waals surface area contributed by atoms with Crippen LogP contribution in [0.2, 0.25) is 0 Å². The third kappa shape index (κ3) is 8.54. The molecule has 7 heteroatoms. The van der Waals surface area contributed by atoms with Crippen LogP contribution in [0, 0.1) is 0 Å². The fourth-order valence-corrected chi connectivity index (χ4v) is 1.01. The molecular weight excluding hydrogens is 200 g/mol. The van der Waals surface area contributed by atoms with Crippen LogP contribution in [0.1, 0.15) is 19.8 Å². The molecule has 0 saturated heterocycles. The van der Waals surface area contributed by atoms with Crippen LogP contribution in [0.3, 0.4) is 0 Å². The van der Waals surface area contributed by atoms with E-state index < -0.39 is 5.97 Å². The van der Waals surface area contributed by atoms with Crippen LogP contribution in [0.25, 0.3) is 0 Å². The van der Waals surface area contributed by atoms with E-state index in [1.165, 1.54) is 6.92 Å². The topological polar surface area (TPSA) is 131 Å². The summed E-state index contributed by atoms with van der Waals surface area (Å²) in [7, 11) is 0. The number of carboxylic acid groups (broad SMARTS) is 1. The van der Waals surface area contributed by atoms with Crippen LogP contribution >= 0.6 is 0 Å². The monoisotopic (exact) mass is 216 g/mol. The SMILES string of the molecule is CC(=O)N[C@@H](CCC(=O)O)CN=C(N)N. The molecule has 6 N–H and O–H groups in total. The molecule has 86 valence electrons. The normalized spacial score (nSPS) is 11.5. The Bertz CT molecular complexity index is 261. The van der Waals surface area contributed by atoms with Crippen molar-refractivity contribution >= 4 is 17.8 Å². The zero-order valence-corrected chi connectivity index (χ0v) is 8.56. The van der Waals surface area contributed by atoms with E-state index in [2.05, 4.69) is 10.3 Å². The molecule has 7 nitrogen and oxygen atoms in total. The zero-order chi connectivity index (χ0) is 11.8. The molecule has 0 bridgehead atoms. The predicted octanol–water partition coefficient (Wildman–Crippen LogP) is -1.37. The Morgan fingerprint density at radius 2 is 2.07 bits per heavy atom. The number of carbonyl (C=O) groups excluding carboxylic acids is 1. The maximum Gasteiger partial charge on any atom is 0.303 e. The van der Waals surface area contributed by atoms with Crippen LogP contribution in [-0.2, 0) is 9.59 Å². The van der Waals surface area contributed by atoms with Crippen molar-refractivity contribution in [3.05, 3.63) is 0 Å². The molecule has 0 rings (SSSR count). The van der Waals surface area contributed by atoms with Crippen LogP contribution in [-0.4, -0.2) is 35.5 Å². The van der Waals surface area contributed by atoms with Crippen LogP contribution in [0.5, 0.6) is 0 Å². The molecule has 0 heterocycles. The van der Waals surface area contributed by atoms with E-state index in [0.29, 0.717) is 6.42 Å². The predicted molar refractivity (Wildman–Crippen MR) is 55.2 cm³/mol. The molecule has 0 aliphatic heterocycles. The van der Waals surface area contributed by atoms with Crippen molar-refractivity contribution in [2.75, 3.05) is 6.54 Å². The van der Waals surface area contributed by atoms with Gasteiger partial charge in [-0.1, -0.05) is 0 Å². The van der Waals surface area contributed by atoms with Gasteiger partial charge in [-0.2, -0.15) is 0 Å². The summed E-state index contributed by atoms with van der Waals surface area (Å²) >= 11 is 0. The summed E-state index contributed by atoms with van der Waals surface area (Å²) in [5, 5.41) is 11.0. The molecule has 0 fully saturated rings. The number of hydrogen-bond acceptors (Lipinski definition) is 3. The van der Waals surface area contributed by atoms with Gasteiger partial charge in [0.1, 0.15) is 0 Å². The summed E-state index contributed by atoms with van der Waals surface area (Å²) in [6.45, 7) is 1.54. The van der Waals surface area contributed by atoms with E-state index in [0.717, 1.165) is 0 Å². The summed E-state index contributed by atoms with van der Waals surface area (Å²) in [6, 6.07) is -0.347. The van der Waals surface area contributed by atoms with Crippen LogP contribution < -0.4 is 16.8 Å². The second-order valence-electron chi connectivity index (χ2n) is 3.10. The number of nitrogens with zero attached hydrogens (tertiary/aromatic N) is 1. The van der Waals surface area contributed by atoms with Crippen molar-refractivity contribution in [3.63, 3.8) is 0 Å². The Balaban J connectivity index is 4.11. The van der Waals surface area contributed by atoms with E-state index in [-0.39, 0.29) is 30.9 Å². The Morgan fingerprint density at radius 3 is 2.47 bits per heavy atom. The van der Waals surface area contributed by atoms with Crippen molar-refractivity contribution in [2.45, 2.75) is 25.8 Å². The first-order valence-electron chi connectivity index (χ1n) is 4.46. The lowest BCUT2D eigenvalue weighted by atomic mass is 10.1. The largest absolute Gasteiger partial charge is 0.481 e. The number of nitrogens with two attached hydrogens (primary N) is 2. The lowest BCUT2D eigenvalue weighted by Crippen LogP contribution is -2.37. The number of amides is 1. The number of aliphatic carboxylic acids is 1. The van der Waals surface area contributed by atoms with Gasteiger partial charge in [-0.3, -0.25) is 14.6 Å². The summed E-state index contributed by atoms with van der Waals surface area (Å²) in [5.74, 6) is -1.24. The minimum Gasteiger partial charge on any atom is -0.481 e. The maximum absolute atomic E-state index is 10.8. The second-order valence-corrected chi connectivity index (χ2v) is 3.10. The number of carbonyl (C=O) groups is 2. The van der Waals surface area contributed by atoms with Gasteiger partial charge in [0.15, 0.2) is 5.96 Å². The molecule has 0 saturated carbocycles. The molecule has 0 spiro atoms. The zero-order valence-electron chi connectivity index (χ0n) is 8.56. The van der Waals surface area contributed by atoms with Gasteiger partial charge in [-0.05, 0) is 6.42 Å². The highest BCUT2D eigenvalue weighted by atomic mass is 16.4. The summed E-state index contributed by atoms with van der Waals surface area (Å²) in [5.41, 5.74) is 10.3. The van der Waals surface area contributed by atoms with Gasteiger partial charge in [0, 0.05) is 19.4 Å². The standard InChI is InChI=1S/C8H16N4O3/c1-5(13)12-6(2-3-7(14)15)4-11-8(9)10/h6H,2-4H2,1H3,(H,12,13)(H,14,15)(H4,9,10,11)/t6-/m0/s1. The van der Waals surface area contributed by atoms with E-state index in [9.17, 15) is 9.59 Å². The number of hydrogen-bond donors (Lipinski definition) is 4. The van der Waals surface area contributed by atoms with Crippen molar-refractivity contribution in [1.29, 1.82) is 0 Å². The highest BCUT2D eigenvalue weighted by Crippen LogP contribution is 1.98. The van der Waals surface area contributed by atoms with Crippen molar-refractivity contribution in [2.24, 2.45) is 16.5 Å². The van der Waals surface area contributed by atoms with Crippen LogP contribution in [0.4, 0.5) is 0 Å². The molecular formula is C8H16N4O3. The van der Waals surface area contributed by atoms with E-state index >= 15 is 0 Å². The summed E-state index contributed by atoms with van der Waals surface area (Å²) < 4.78 is 0. The van der Waals surface area contributed by atoms with Crippen molar-refractivity contribution in [1.82, 2.24) is 5.32 Å². The lowest BCUT2D eigenvalue weighted by Gasteiger charge is -2.14. The molecule has 0 aromatic heterocycles. The highest BCUT2D eigenvalue weighted by Gasteiger charge is 2.11. The van der Waals surface area contributed by atoms with Gasteiger partial charge in [-0.25, -0.2) is 0 Å². The molecule has 1 atom stereocenters. The maximum atomic E-state index is 10.8. The Labute approximate surface area is 87.5 Å². The fourth-order valence-electron chi connectivity index (χ4n) is 1.01. The number of nitrogens with one attached hydrogen (secondary N) is 1. The number of aliphatic imine (C=N–C) groups is 1. The van der Waals surface area contributed by atoms with Gasteiger partial charge in [0.25, 0.3) is 0 Å². The summed E-state index contributed by atoms with van der Waals surface area (Å²) in [6.07, 6.45) is 0.261. The second kappa shape index (κ2) is 6.63. The molecule has 0 aromatic carbocycles. The highest BCUT2D eigenvalue weighted by molar-refractivity contribution is 5.76. The van der Waals surface area contributed by atoms with Crippen molar-refractivity contribution in [3.8, 4) is 0 Å². The van der Waals surface area contributed by atoms with Gasteiger partial charge in [-0.15, -0.1) is 0 Å². The molecule has 0 unspecified atom stereocenters. The van der Waals surface area contributed by atoms with Gasteiger partial charge >= 0.3 is 5.97 Å². The molecule has 1 amide bonds. The number of rotatable bonds is 6. The Kier molecular flexibility index (Phi) is 5.84. The quantitative estimate of drug-likeness (QED) is 0.321. The lowest BCUT2D eigenvalue weighted by molar-refractivity contribution is -0.137.